The molecule has 1 aromatic rings. The molecule has 1 aromatic carbocycles. The topological polar surface area (TPSA) is 69.2 Å². The van der Waals surface area contributed by atoms with Crippen LogP contribution >= 0.6 is 0 Å². The Balaban J connectivity index is 2.40. The third kappa shape index (κ3) is 1.96. The first-order valence-electron chi connectivity index (χ1n) is 5.63. The van der Waals surface area contributed by atoms with Crippen molar-refractivity contribution in [2.24, 2.45) is 5.73 Å². The molecule has 1 aliphatic rings. The molecule has 1 aliphatic carbocycles. The van der Waals surface area contributed by atoms with Crippen molar-refractivity contribution < 1.29 is 13.7 Å². The molecule has 1 saturated carbocycles. The number of aryl methyl sites for hydroxylation is 1. The van der Waals surface area contributed by atoms with Crippen LogP contribution in [0.3, 0.4) is 0 Å². The van der Waals surface area contributed by atoms with E-state index in [1.165, 1.54) is 6.07 Å². The first-order chi connectivity index (χ1) is 8.30. The van der Waals surface area contributed by atoms with Crippen molar-refractivity contribution in [2.75, 3.05) is 6.54 Å². The van der Waals surface area contributed by atoms with Crippen molar-refractivity contribution in [2.45, 2.75) is 31.1 Å². The lowest BCUT2D eigenvalue weighted by Crippen LogP contribution is -2.53. The van der Waals surface area contributed by atoms with E-state index >= 15 is 0 Å². The maximum absolute atomic E-state index is 13.1. The number of nitro benzene ring substituents is 1. The fraction of sp³-hybridized carbons (Fsp3) is 0.500. The normalized spacial score (nSPS) is 20.2. The van der Waals surface area contributed by atoms with E-state index in [1.54, 1.807) is 19.1 Å². The highest BCUT2D eigenvalue weighted by molar-refractivity contribution is 5.46. The van der Waals surface area contributed by atoms with E-state index < -0.39 is 16.3 Å². The second kappa shape index (κ2) is 3.98. The van der Waals surface area contributed by atoms with Gasteiger partial charge in [-0.05, 0) is 12.5 Å². The van der Waals surface area contributed by atoms with Gasteiger partial charge in [0.25, 0.3) is 5.69 Å². The zero-order valence-electron chi connectivity index (χ0n) is 9.95. The lowest BCUT2D eigenvalue weighted by atomic mass is 9.62. The summed E-state index contributed by atoms with van der Waals surface area (Å²) in [6.07, 6.45) is -0.673. The van der Waals surface area contributed by atoms with Crippen molar-refractivity contribution in [3.8, 4) is 0 Å². The van der Waals surface area contributed by atoms with Gasteiger partial charge in [-0.1, -0.05) is 12.1 Å². The summed E-state index contributed by atoms with van der Waals surface area (Å²) in [5.74, 6) is -2.71. The molecule has 98 valence electrons. The van der Waals surface area contributed by atoms with E-state index in [0.717, 1.165) is 0 Å². The fourth-order valence-electron chi connectivity index (χ4n) is 2.54. The second-order valence-electron chi connectivity index (χ2n) is 4.95. The number of hydrogen-bond donors (Lipinski definition) is 1. The van der Waals surface area contributed by atoms with Gasteiger partial charge in [0, 0.05) is 36.4 Å². The SMILES string of the molecule is Cc1ccc(C2(CN)CC(F)(F)C2)cc1[N+](=O)[O-]. The van der Waals surface area contributed by atoms with E-state index in [9.17, 15) is 18.9 Å². The number of halogens is 2. The van der Waals surface area contributed by atoms with Crippen molar-refractivity contribution in [3.05, 3.63) is 39.4 Å². The molecule has 18 heavy (non-hydrogen) atoms. The van der Waals surface area contributed by atoms with E-state index in [0.29, 0.717) is 11.1 Å². The average Bonchev–Trinajstić information content (AvgIpc) is 2.25. The van der Waals surface area contributed by atoms with Crippen molar-refractivity contribution in [3.63, 3.8) is 0 Å². The van der Waals surface area contributed by atoms with Crippen molar-refractivity contribution in [1.29, 1.82) is 0 Å². The molecule has 0 aliphatic heterocycles. The van der Waals surface area contributed by atoms with Crippen LogP contribution in [0.25, 0.3) is 0 Å². The van der Waals surface area contributed by atoms with Crippen LogP contribution in [-0.4, -0.2) is 17.4 Å². The summed E-state index contributed by atoms with van der Waals surface area (Å²) in [5.41, 5.74) is 5.77. The summed E-state index contributed by atoms with van der Waals surface area (Å²) in [6, 6.07) is 4.61. The molecule has 0 saturated heterocycles. The minimum atomic E-state index is -2.71. The highest BCUT2D eigenvalue weighted by Gasteiger charge is 2.56. The molecule has 0 aromatic heterocycles. The minimum absolute atomic E-state index is 0.0458. The smallest absolute Gasteiger partial charge is 0.272 e. The molecule has 4 nitrogen and oxygen atoms in total. The zero-order chi connectivity index (χ0) is 13.6. The number of benzene rings is 1. The molecule has 0 radical (unpaired) electrons. The highest BCUT2D eigenvalue weighted by atomic mass is 19.3. The molecule has 1 fully saturated rings. The van der Waals surface area contributed by atoms with Gasteiger partial charge in [0.05, 0.1) is 4.92 Å². The molecular weight excluding hydrogens is 242 g/mol. The Bertz CT molecular complexity index is 495. The summed E-state index contributed by atoms with van der Waals surface area (Å²) in [4.78, 5) is 10.3. The summed E-state index contributed by atoms with van der Waals surface area (Å²) in [6.45, 7) is 1.69. The highest BCUT2D eigenvalue weighted by Crippen LogP contribution is 2.53. The average molecular weight is 256 g/mol. The van der Waals surface area contributed by atoms with Gasteiger partial charge >= 0.3 is 0 Å². The number of rotatable bonds is 3. The van der Waals surface area contributed by atoms with Gasteiger partial charge in [-0.2, -0.15) is 0 Å². The number of nitrogens with two attached hydrogens (primary N) is 1. The largest absolute Gasteiger partial charge is 0.330 e. The van der Waals surface area contributed by atoms with Crippen LogP contribution < -0.4 is 5.73 Å². The summed E-state index contributed by atoms with van der Waals surface area (Å²) in [7, 11) is 0. The van der Waals surface area contributed by atoms with Crippen molar-refractivity contribution in [1.82, 2.24) is 0 Å². The first-order valence-corrected chi connectivity index (χ1v) is 5.63. The lowest BCUT2D eigenvalue weighted by molar-refractivity contribution is -0.385. The van der Waals surface area contributed by atoms with Crippen LogP contribution in [0.2, 0.25) is 0 Å². The third-order valence-electron chi connectivity index (χ3n) is 3.60. The maximum atomic E-state index is 13.1. The molecule has 0 bridgehead atoms. The van der Waals surface area contributed by atoms with Gasteiger partial charge in [0.1, 0.15) is 0 Å². The Labute approximate surface area is 103 Å². The first kappa shape index (κ1) is 12.9. The van der Waals surface area contributed by atoms with Crippen LogP contribution in [0.5, 0.6) is 0 Å². The van der Waals surface area contributed by atoms with Gasteiger partial charge in [-0.15, -0.1) is 0 Å². The maximum Gasteiger partial charge on any atom is 0.272 e. The Morgan fingerprint density at radius 2 is 2.06 bits per heavy atom. The van der Waals surface area contributed by atoms with Crippen LogP contribution in [0.15, 0.2) is 18.2 Å². The van der Waals surface area contributed by atoms with E-state index in [2.05, 4.69) is 0 Å². The number of nitrogens with zero attached hydrogens (tertiary/aromatic N) is 1. The molecule has 2 rings (SSSR count). The lowest BCUT2D eigenvalue weighted by Gasteiger charge is -2.47. The Hall–Kier alpha value is -1.56. The quantitative estimate of drug-likeness (QED) is 0.667. The van der Waals surface area contributed by atoms with E-state index in [1.807, 2.05) is 0 Å². The van der Waals surface area contributed by atoms with Crippen LogP contribution in [0, 0.1) is 17.0 Å². The predicted molar refractivity (Wildman–Crippen MR) is 62.7 cm³/mol. The molecule has 0 unspecified atom stereocenters. The van der Waals surface area contributed by atoms with Crippen molar-refractivity contribution >= 4 is 5.69 Å². The van der Waals surface area contributed by atoms with E-state index in [-0.39, 0.29) is 25.1 Å². The molecule has 0 heterocycles. The number of alkyl halides is 2. The molecular formula is C12H14F2N2O2. The van der Waals surface area contributed by atoms with Gasteiger partial charge in [0.2, 0.25) is 5.92 Å². The molecule has 2 N–H and O–H groups in total. The number of hydrogen-bond acceptors (Lipinski definition) is 3. The minimum Gasteiger partial charge on any atom is -0.330 e. The van der Waals surface area contributed by atoms with Gasteiger partial charge in [-0.3, -0.25) is 10.1 Å². The van der Waals surface area contributed by atoms with Crippen LogP contribution in [0.1, 0.15) is 24.0 Å². The van der Waals surface area contributed by atoms with Crippen LogP contribution in [0.4, 0.5) is 14.5 Å². The summed E-state index contributed by atoms with van der Waals surface area (Å²) >= 11 is 0. The monoisotopic (exact) mass is 256 g/mol. The fourth-order valence-corrected chi connectivity index (χ4v) is 2.54. The third-order valence-corrected chi connectivity index (χ3v) is 3.60. The Kier molecular flexibility index (Phi) is 2.85. The standard InChI is InChI=1S/C12H14F2N2O2/c1-8-2-3-9(4-10(8)16(17)18)11(7-15)5-12(13,14)6-11/h2-4H,5-7,15H2,1H3. The molecule has 6 heteroatoms. The Morgan fingerprint density at radius 3 is 2.50 bits per heavy atom. The number of nitro groups is 1. The second-order valence-corrected chi connectivity index (χ2v) is 4.95. The van der Waals surface area contributed by atoms with Gasteiger partial charge in [-0.25, -0.2) is 8.78 Å². The Morgan fingerprint density at radius 1 is 1.44 bits per heavy atom. The summed E-state index contributed by atoms with van der Waals surface area (Å²) < 4.78 is 26.1. The van der Waals surface area contributed by atoms with Crippen LogP contribution in [-0.2, 0) is 5.41 Å². The molecule has 0 amide bonds. The zero-order valence-corrected chi connectivity index (χ0v) is 9.95. The van der Waals surface area contributed by atoms with Gasteiger partial charge in [0.15, 0.2) is 0 Å². The predicted octanol–water partition coefficient (Wildman–Crippen LogP) is 2.53. The summed E-state index contributed by atoms with van der Waals surface area (Å²) in [5, 5.41) is 10.8. The van der Waals surface area contributed by atoms with E-state index in [4.69, 9.17) is 5.73 Å². The molecule has 0 atom stereocenters. The van der Waals surface area contributed by atoms with Gasteiger partial charge < -0.3 is 5.73 Å². The molecule has 0 spiro atoms.